The third kappa shape index (κ3) is 1.71. The fourth-order valence-corrected chi connectivity index (χ4v) is 1.04. The number of hydrogen-bond donors (Lipinski definition) is 0. The van der Waals surface area contributed by atoms with E-state index in [2.05, 4.69) is 25.0 Å². The van der Waals surface area contributed by atoms with Gasteiger partial charge < -0.3 is 0 Å². The molecule has 2 aromatic heterocycles. The van der Waals surface area contributed by atoms with Crippen molar-refractivity contribution in [2.45, 2.75) is 19.9 Å². The maximum absolute atomic E-state index is 4.57. The minimum absolute atomic E-state index is 0.745. The molecule has 0 unspecified atom stereocenters. The van der Waals surface area contributed by atoms with Crippen LogP contribution in [0.5, 0.6) is 0 Å². The number of aromatic nitrogens is 5. The van der Waals surface area contributed by atoms with E-state index in [1.54, 1.807) is 11.0 Å². The first-order valence-electron chi connectivity index (χ1n) is 3.96. The Morgan fingerprint density at radius 1 is 1.46 bits per heavy atom. The Bertz CT molecular complexity index is 366. The van der Waals surface area contributed by atoms with Gasteiger partial charge in [0.2, 0.25) is 0 Å². The van der Waals surface area contributed by atoms with E-state index < -0.39 is 0 Å². The summed E-state index contributed by atoms with van der Waals surface area (Å²) in [6.45, 7) is 2.61. The van der Waals surface area contributed by atoms with Crippen LogP contribution in [-0.4, -0.2) is 25.1 Å². The fraction of sp³-hybridized carbons (Fsp3) is 0.429. The maximum Gasteiger partial charge on any atom is 0.137 e. The fourth-order valence-electron chi connectivity index (χ4n) is 1.04. The molecule has 0 atom stereocenters. The second-order valence-electron chi connectivity index (χ2n) is 2.70. The zero-order valence-electron chi connectivity index (χ0n) is 7.21. The van der Waals surface area contributed by atoms with Gasteiger partial charge in [-0.3, -0.25) is 4.68 Å². The van der Waals surface area contributed by atoms with Crippen LogP contribution in [0.4, 0.5) is 0 Å². The van der Waals surface area contributed by atoms with Gasteiger partial charge in [0.1, 0.15) is 24.0 Å². The highest BCUT2D eigenvalue weighted by Crippen LogP contribution is 2.01. The second kappa shape index (κ2) is 3.34. The summed E-state index contributed by atoms with van der Waals surface area (Å²) in [5.41, 5.74) is 1.70. The molecule has 0 aliphatic rings. The highest BCUT2D eigenvalue weighted by Gasteiger charge is 2.04. The molecule has 13 heavy (non-hydrogen) atoms. The third-order valence-electron chi connectivity index (χ3n) is 1.79. The van der Waals surface area contributed by atoms with Crippen molar-refractivity contribution >= 4 is 0 Å². The molecule has 2 rings (SSSR count). The van der Waals surface area contributed by atoms with Crippen LogP contribution >= 0.6 is 0 Å². The van der Waals surface area contributed by atoms with E-state index in [4.69, 9.17) is 0 Å². The van der Waals surface area contributed by atoms with Gasteiger partial charge in [-0.1, -0.05) is 10.3 Å². The molecule has 0 aromatic carbocycles. The topological polar surface area (TPSA) is 69.6 Å². The number of aryl methyl sites for hydroxylation is 3. The van der Waals surface area contributed by atoms with Gasteiger partial charge in [0.15, 0.2) is 0 Å². The zero-order chi connectivity index (χ0) is 9.10. The molecule has 0 spiro atoms. The predicted molar refractivity (Wildman–Crippen MR) is 42.8 cm³/mol. The first kappa shape index (κ1) is 7.90. The largest absolute Gasteiger partial charge is 0.253 e. The van der Waals surface area contributed by atoms with Gasteiger partial charge in [0, 0.05) is 13.0 Å². The van der Waals surface area contributed by atoms with Crippen LogP contribution in [0.25, 0.3) is 0 Å². The monoisotopic (exact) mass is 179 g/mol. The zero-order valence-corrected chi connectivity index (χ0v) is 7.21. The first-order chi connectivity index (χ1) is 6.36. The van der Waals surface area contributed by atoms with Crippen LogP contribution in [0.1, 0.15) is 11.4 Å². The normalized spacial score (nSPS) is 10.5. The molecule has 68 valence electrons. The molecule has 0 aliphatic heterocycles. The highest BCUT2D eigenvalue weighted by molar-refractivity contribution is 5.04. The van der Waals surface area contributed by atoms with Gasteiger partial charge >= 0.3 is 0 Å². The molecule has 6 heteroatoms. The number of hydrogen-bond acceptors (Lipinski definition) is 5. The summed E-state index contributed by atoms with van der Waals surface area (Å²) in [6.07, 6.45) is 3.94. The summed E-state index contributed by atoms with van der Waals surface area (Å²) in [6, 6.07) is 0. The summed E-state index contributed by atoms with van der Waals surface area (Å²) in [7, 11) is 0. The molecule has 2 aromatic rings. The molecule has 0 saturated carbocycles. The van der Waals surface area contributed by atoms with E-state index in [0.717, 1.165) is 24.4 Å². The lowest BCUT2D eigenvalue weighted by molar-refractivity contribution is 0.300. The van der Waals surface area contributed by atoms with Crippen molar-refractivity contribution in [2.75, 3.05) is 0 Å². The van der Waals surface area contributed by atoms with Crippen LogP contribution in [-0.2, 0) is 13.0 Å². The molecule has 0 radical (unpaired) electrons. The molecule has 0 N–H and O–H groups in total. The first-order valence-corrected chi connectivity index (χ1v) is 3.96. The van der Waals surface area contributed by atoms with E-state index in [-0.39, 0.29) is 0 Å². The number of rotatable bonds is 3. The summed E-state index contributed by atoms with van der Waals surface area (Å²) >= 11 is 0. The van der Waals surface area contributed by atoms with Gasteiger partial charge in [-0.2, -0.15) is 5.10 Å². The van der Waals surface area contributed by atoms with E-state index in [9.17, 15) is 0 Å². The van der Waals surface area contributed by atoms with Crippen LogP contribution < -0.4 is 0 Å². The van der Waals surface area contributed by atoms with E-state index in [1.807, 2.05) is 6.92 Å². The Balaban J connectivity index is 1.97. The molecule has 0 saturated heterocycles. The number of nitrogens with zero attached hydrogens (tertiary/aromatic N) is 5. The molecule has 6 nitrogen and oxygen atoms in total. The molecule has 0 bridgehead atoms. The van der Waals surface area contributed by atoms with Gasteiger partial charge in [-0.05, 0) is 6.92 Å². The van der Waals surface area contributed by atoms with Crippen LogP contribution in [0.3, 0.4) is 0 Å². The van der Waals surface area contributed by atoms with Crippen molar-refractivity contribution in [1.29, 1.82) is 0 Å². The van der Waals surface area contributed by atoms with E-state index in [0.29, 0.717) is 0 Å². The van der Waals surface area contributed by atoms with Crippen molar-refractivity contribution in [3.05, 3.63) is 24.0 Å². The van der Waals surface area contributed by atoms with Gasteiger partial charge in [0.05, 0.1) is 0 Å². The Kier molecular flexibility index (Phi) is 2.03. The average Bonchev–Trinajstić information content (AvgIpc) is 2.72. The maximum atomic E-state index is 4.57. The lowest BCUT2D eigenvalue weighted by Gasteiger charge is -1.96. The third-order valence-corrected chi connectivity index (χ3v) is 1.79. The van der Waals surface area contributed by atoms with E-state index >= 15 is 0 Å². The Morgan fingerprint density at radius 2 is 2.38 bits per heavy atom. The van der Waals surface area contributed by atoms with Crippen LogP contribution in [0.15, 0.2) is 17.3 Å². The summed E-state index contributed by atoms with van der Waals surface area (Å²) in [4.78, 5) is 3.84. The van der Waals surface area contributed by atoms with Crippen molar-refractivity contribution in [2.24, 2.45) is 0 Å². The second-order valence-corrected chi connectivity index (χ2v) is 2.70. The SMILES string of the molecule is Cc1nonc1CCn1cncn1. The Hall–Kier alpha value is -1.72. The van der Waals surface area contributed by atoms with E-state index in [1.165, 1.54) is 6.33 Å². The minimum Gasteiger partial charge on any atom is -0.253 e. The standard InChI is InChI=1S/C7H9N5O/c1-6-7(11-13-10-6)2-3-12-5-8-4-9-12/h4-5H,2-3H2,1H3. The van der Waals surface area contributed by atoms with Crippen LogP contribution in [0, 0.1) is 6.92 Å². The highest BCUT2D eigenvalue weighted by atomic mass is 16.6. The summed E-state index contributed by atoms with van der Waals surface area (Å²) in [5.74, 6) is 0. The lowest BCUT2D eigenvalue weighted by Crippen LogP contribution is -2.02. The summed E-state index contributed by atoms with van der Waals surface area (Å²) in [5, 5.41) is 11.4. The predicted octanol–water partition coefficient (Wildman–Crippen LogP) is 0.212. The van der Waals surface area contributed by atoms with Crippen molar-refractivity contribution in [3.8, 4) is 0 Å². The van der Waals surface area contributed by atoms with Crippen molar-refractivity contribution in [1.82, 2.24) is 25.1 Å². The van der Waals surface area contributed by atoms with Crippen LogP contribution in [0.2, 0.25) is 0 Å². The lowest BCUT2D eigenvalue weighted by atomic mass is 10.2. The minimum atomic E-state index is 0.745. The molecule has 2 heterocycles. The molecule has 0 aliphatic carbocycles. The Labute approximate surface area is 74.5 Å². The van der Waals surface area contributed by atoms with Gasteiger partial charge in [-0.15, -0.1) is 0 Å². The Morgan fingerprint density at radius 3 is 3.00 bits per heavy atom. The molecule has 0 fully saturated rings. The molecule has 0 amide bonds. The smallest absolute Gasteiger partial charge is 0.137 e. The van der Waals surface area contributed by atoms with Gasteiger partial charge in [0.25, 0.3) is 0 Å². The van der Waals surface area contributed by atoms with Gasteiger partial charge in [-0.25, -0.2) is 9.61 Å². The average molecular weight is 179 g/mol. The molecular weight excluding hydrogens is 170 g/mol. The quantitative estimate of drug-likeness (QED) is 0.673. The molecular formula is C7H9N5O. The summed E-state index contributed by atoms with van der Waals surface area (Å²) < 4.78 is 6.31. The van der Waals surface area contributed by atoms with Crippen molar-refractivity contribution in [3.63, 3.8) is 0 Å². The van der Waals surface area contributed by atoms with Crippen molar-refractivity contribution < 1.29 is 4.63 Å².